The fourth-order valence-electron chi connectivity index (χ4n) is 3.27. The number of esters is 1. The standard InChI is InChI=1S/C19H18N2O3S2/c1-24-19(23)15-11-7-3-2-4-9-13(11)25-17(15)21-16(22)18-20-12-8-5-6-10-14(12)26-18/h5-6,8,10H,2-4,7,9H2,1H3,(H,21,22). The molecule has 1 N–H and O–H groups in total. The molecule has 0 atom stereocenters. The number of hydrogen-bond acceptors (Lipinski definition) is 6. The smallest absolute Gasteiger partial charge is 0.341 e. The average molecular weight is 386 g/mol. The van der Waals surface area contributed by atoms with Crippen LogP contribution in [0.5, 0.6) is 0 Å². The zero-order valence-corrected chi connectivity index (χ0v) is 16.0. The second-order valence-corrected chi connectivity index (χ2v) is 8.34. The maximum absolute atomic E-state index is 12.7. The van der Waals surface area contributed by atoms with Crippen LogP contribution >= 0.6 is 22.7 Å². The highest BCUT2D eigenvalue weighted by Crippen LogP contribution is 2.38. The summed E-state index contributed by atoms with van der Waals surface area (Å²) < 4.78 is 5.95. The lowest BCUT2D eigenvalue weighted by Crippen LogP contribution is -2.14. The Kier molecular flexibility index (Phi) is 4.74. The van der Waals surface area contributed by atoms with Gasteiger partial charge in [0, 0.05) is 4.88 Å². The Morgan fingerprint density at radius 1 is 1.12 bits per heavy atom. The van der Waals surface area contributed by atoms with Crippen molar-refractivity contribution in [1.29, 1.82) is 0 Å². The number of carbonyl (C=O) groups excluding carboxylic acids is 2. The number of nitrogens with zero attached hydrogens (tertiary/aromatic N) is 1. The first-order valence-electron chi connectivity index (χ1n) is 8.57. The highest BCUT2D eigenvalue weighted by atomic mass is 32.1. The lowest BCUT2D eigenvalue weighted by atomic mass is 10.1. The van der Waals surface area contributed by atoms with Gasteiger partial charge in [0.15, 0.2) is 5.01 Å². The Morgan fingerprint density at radius 2 is 1.92 bits per heavy atom. The topological polar surface area (TPSA) is 68.3 Å². The van der Waals surface area contributed by atoms with E-state index < -0.39 is 0 Å². The molecule has 5 nitrogen and oxygen atoms in total. The molecular formula is C19H18N2O3S2. The number of para-hydroxylation sites is 1. The van der Waals surface area contributed by atoms with Crippen molar-refractivity contribution < 1.29 is 14.3 Å². The minimum Gasteiger partial charge on any atom is -0.465 e. The van der Waals surface area contributed by atoms with Crippen LogP contribution < -0.4 is 5.32 Å². The van der Waals surface area contributed by atoms with Gasteiger partial charge in [-0.2, -0.15) is 0 Å². The van der Waals surface area contributed by atoms with Crippen LogP contribution in [0.4, 0.5) is 5.00 Å². The maximum Gasteiger partial charge on any atom is 0.341 e. The van der Waals surface area contributed by atoms with E-state index in [0.717, 1.165) is 47.9 Å². The van der Waals surface area contributed by atoms with Crippen LogP contribution in [0.2, 0.25) is 0 Å². The zero-order chi connectivity index (χ0) is 18.1. The van der Waals surface area contributed by atoms with Crippen LogP contribution in [0, 0.1) is 0 Å². The minimum absolute atomic E-state index is 0.284. The number of thiazole rings is 1. The van der Waals surface area contributed by atoms with E-state index in [1.54, 1.807) is 0 Å². The summed E-state index contributed by atoms with van der Waals surface area (Å²) in [6.07, 6.45) is 5.13. The molecule has 0 radical (unpaired) electrons. The van der Waals surface area contributed by atoms with Crippen molar-refractivity contribution in [2.75, 3.05) is 12.4 Å². The Labute approximate surface area is 159 Å². The Balaban J connectivity index is 1.68. The maximum atomic E-state index is 12.7. The van der Waals surface area contributed by atoms with E-state index in [1.807, 2.05) is 24.3 Å². The molecule has 26 heavy (non-hydrogen) atoms. The van der Waals surface area contributed by atoms with Crippen LogP contribution in [-0.4, -0.2) is 24.0 Å². The summed E-state index contributed by atoms with van der Waals surface area (Å²) in [5, 5.41) is 3.88. The van der Waals surface area contributed by atoms with Gasteiger partial charge in [0.2, 0.25) is 0 Å². The second kappa shape index (κ2) is 7.17. The molecule has 4 rings (SSSR count). The zero-order valence-electron chi connectivity index (χ0n) is 14.3. The van der Waals surface area contributed by atoms with Crippen LogP contribution in [-0.2, 0) is 17.6 Å². The molecule has 0 unspecified atom stereocenters. The van der Waals surface area contributed by atoms with Gasteiger partial charge in [0.25, 0.3) is 5.91 Å². The van der Waals surface area contributed by atoms with Crippen molar-refractivity contribution in [3.8, 4) is 0 Å². The molecule has 1 aliphatic carbocycles. The number of anilines is 1. The van der Waals surface area contributed by atoms with Gasteiger partial charge in [-0.1, -0.05) is 18.6 Å². The molecule has 1 aromatic carbocycles. The molecule has 0 spiro atoms. The largest absolute Gasteiger partial charge is 0.465 e. The summed E-state index contributed by atoms with van der Waals surface area (Å²) in [7, 11) is 1.38. The normalized spacial score (nSPS) is 13.9. The van der Waals surface area contributed by atoms with E-state index in [-0.39, 0.29) is 11.9 Å². The number of fused-ring (bicyclic) bond motifs is 2. The molecule has 2 aromatic heterocycles. The first-order valence-corrected chi connectivity index (χ1v) is 10.2. The van der Waals surface area contributed by atoms with Crippen molar-refractivity contribution in [2.45, 2.75) is 32.1 Å². The number of ether oxygens (including phenoxy) is 1. The number of rotatable bonds is 3. The van der Waals surface area contributed by atoms with Gasteiger partial charge in [0.1, 0.15) is 5.00 Å². The second-order valence-electron chi connectivity index (χ2n) is 6.20. The minimum atomic E-state index is -0.385. The van der Waals surface area contributed by atoms with Gasteiger partial charge >= 0.3 is 5.97 Å². The molecule has 0 saturated heterocycles. The van der Waals surface area contributed by atoms with E-state index in [0.29, 0.717) is 15.6 Å². The summed E-state index contributed by atoms with van der Waals surface area (Å²) in [4.78, 5) is 30.7. The Bertz CT molecular complexity index is 957. The SMILES string of the molecule is COC(=O)c1c(NC(=O)c2nc3ccccc3s2)sc2c1CCCCC2. The van der Waals surface area contributed by atoms with E-state index in [4.69, 9.17) is 4.74 Å². The summed E-state index contributed by atoms with van der Waals surface area (Å²) in [6, 6.07) is 7.65. The predicted molar refractivity (Wildman–Crippen MR) is 104 cm³/mol. The van der Waals surface area contributed by atoms with Crippen LogP contribution in [0.3, 0.4) is 0 Å². The molecule has 1 amide bonds. The molecule has 0 aliphatic heterocycles. The number of nitrogens with one attached hydrogen (secondary N) is 1. The fraction of sp³-hybridized carbons (Fsp3) is 0.316. The first kappa shape index (κ1) is 17.2. The number of aromatic nitrogens is 1. The van der Waals surface area contributed by atoms with Gasteiger partial charge in [-0.3, -0.25) is 4.79 Å². The lowest BCUT2D eigenvalue weighted by Gasteiger charge is -2.06. The lowest BCUT2D eigenvalue weighted by molar-refractivity contribution is 0.0601. The summed E-state index contributed by atoms with van der Waals surface area (Å²) in [5.41, 5.74) is 2.36. The van der Waals surface area contributed by atoms with E-state index in [2.05, 4.69) is 10.3 Å². The number of aryl methyl sites for hydroxylation is 1. The van der Waals surface area contributed by atoms with Gasteiger partial charge in [-0.15, -0.1) is 22.7 Å². The predicted octanol–water partition coefficient (Wildman–Crippen LogP) is 4.67. The third-order valence-corrected chi connectivity index (χ3v) is 6.77. The number of methoxy groups -OCH3 is 1. The first-order chi connectivity index (χ1) is 12.7. The number of carbonyl (C=O) groups is 2. The average Bonchev–Trinajstić information content (AvgIpc) is 3.15. The monoisotopic (exact) mass is 386 g/mol. The van der Waals surface area contributed by atoms with Gasteiger partial charge in [0.05, 0.1) is 22.9 Å². The molecule has 2 heterocycles. The molecule has 0 fully saturated rings. The fourth-order valence-corrected chi connectivity index (χ4v) is 5.41. The van der Waals surface area contributed by atoms with Crippen molar-refractivity contribution in [2.24, 2.45) is 0 Å². The third-order valence-electron chi connectivity index (χ3n) is 4.53. The molecule has 134 valence electrons. The van der Waals surface area contributed by atoms with E-state index >= 15 is 0 Å². The quantitative estimate of drug-likeness (QED) is 0.525. The van der Waals surface area contributed by atoms with Crippen molar-refractivity contribution in [3.63, 3.8) is 0 Å². The van der Waals surface area contributed by atoms with E-state index in [9.17, 15) is 9.59 Å². The Hall–Kier alpha value is -2.25. The van der Waals surface area contributed by atoms with Gasteiger partial charge in [-0.05, 0) is 43.4 Å². The summed E-state index contributed by atoms with van der Waals surface area (Å²) in [6.45, 7) is 0. The van der Waals surface area contributed by atoms with Crippen LogP contribution in [0.1, 0.15) is 49.9 Å². The van der Waals surface area contributed by atoms with Crippen molar-refractivity contribution in [1.82, 2.24) is 4.98 Å². The van der Waals surface area contributed by atoms with Gasteiger partial charge < -0.3 is 10.1 Å². The molecule has 0 bridgehead atoms. The van der Waals surface area contributed by atoms with Gasteiger partial charge in [-0.25, -0.2) is 9.78 Å². The molecule has 3 aromatic rings. The summed E-state index contributed by atoms with van der Waals surface area (Å²) in [5.74, 6) is -0.670. The molecule has 7 heteroatoms. The highest BCUT2D eigenvalue weighted by molar-refractivity contribution is 7.20. The number of thiophene rings is 1. The number of amides is 1. The van der Waals surface area contributed by atoms with Crippen LogP contribution in [0.15, 0.2) is 24.3 Å². The van der Waals surface area contributed by atoms with Crippen molar-refractivity contribution in [3.05, 3.63) is 45.3 Å². The van der Waals surface area contributed by atoms with Crippen molar-refractivity contribution >= 4 is 49.8 Å². The Morgan fingerprint density at radius 3 is 2.73 bits per heavy atom. The number of hydrogen-bond donors (Lipinski definition) is 1. The summed E-state index contributed by atoms with van der Waals surface area (Å²) >= 11 is 2.84. The van der Waals surface area contributed by atoms with Crippen LogP contribution in [0.25, 0.3) is 10.2 Å². The molecule has 1 aliphatic rings. The highest BCUT2D eigenvalue weighted by Gasteiger charge is 2.27. The van der Waals surface area contributed by atoms with E-state index in [1.165, 1.54) is 34.7 Å². The third kappa shape index (κ3) is 3.12. The number of benzene rings is 1. The molecule has 0 saturated carbocycles. The molecular weight excluding hydrogens is 368 g/mol.